The second-order valence-electron chi connectivity index (χ2n) is 8.45. The highest BCUT2D eigenvalue weighted by molar-refractivity contribution is 7.13. The van der Waals surface area contributed by atoms with Gasteiger partial charge in [-0.15, -0.1) is 11.3 Å². The number of anilines is 1. The zero-order chi connectivity index (χ0) is 23.5. The molecule has 170 valence electrons. The fourth-order valence-electron chi connectivity index (χ4n) is 4.82. The Morgan fingerprint density at radius 1 is 0.912 bits per heavy atom. The lowest BCUT2D eigenvalue weighted by Gasteiger charge is -2.32. The van der Waals surface area contributed by atoms with Gasteiger partial charge in [-0.3, -0.25) is 0 Å². The third kappa shape index (κ3) is 4.02. The van der Waals surface area contributed by atoms with E-state index in [0.29, 0.717) is 16.9 Å². The van der Waals surface area contributed by atoms with Crippen LogP contribution in [0.4, 0.5) is 5.69 Å². The number of benzene rings is 3. The molecule has 2 heterocycles. The maximum absolute atomic E-state index is 11.1. The van der Waals surface area contributed by atoms with E-state index in [-0.39, 0.29) is 5.75 Å². The summed E-state index contributed by atoms with van der Waals surface area (Å²) < 4.78 is 5.33. The van der Waals surface area contributed by atoms with E-state index in [0.717, 1.165) is 58.7 Å². The van der Waals surface area contributed by atoms with Crippen LogP contribution < -0.4 is 9.64 Å². The zero-order valence-electron chi connectivity index (χ0n) is 19.1. The third-order valence-electron chi connectivity index (χ3n) is 6.44. The third-order valence-corrected chi connectivity index (χ3v) is 7.34. The summed E-state index contributed by atoms with van der Waals surface area (Å²) in [6.45, 7) is 1.86. The Kier molecular flexibility index (Phi) is 6.24. The van der Waals surface area contributed by atoms with Crippen LogP contribution in [0.3, 0.4) is 0 Å². The van der Waals surface area contributed by atoms with Crippen LogP contribution in [0.5, 0.6) is 11.5 Å². The van der Waals surface area contributed by atoms with Gasteiger partial charge in [-0.25, -0.2) is 0 Å². The summed E-state index contributed by atoms with van der Waals surface area (Å²) in [7, 11) is 1.58. The van der Waals surface area contributed by atoms with E-state index in [1.54, 1.807) is 24.5 Å². The SMILES string of the molecule is COc1ccc(-c2c(C#N)c(N3CCCCC3)cc(-c3cccs3)c2-c2ccccc2)c(O)c1. The molecule has 1 N–H and O–H groups in total. The van der Waals surface area contributed by atoms with Crippen molar-refractivity contribution in [2.75, 3.05) is 25.1 Å². The molecule has 0 bridgehead atoms. The molecule has 1 aliphatic heterocycles. The van der Waals surface area contributed by atoms with Crippen LogP contribution in [-0.2, 0) is 0 Å². The lowest BCUT2D eigenvalue weighted by atomic mass is 9.85. The number of methoxy groups -OCH3 is 1. The van der Waals surface area contributed by atoms with Gasteiger partial charge in [0.15, 0.2) is 0 Å². The Balaban J connectivity index is 1.90. The molecule has 1 fully saturated rings. The summed E-state index contributed by atoms with van der Waals surface area (Å²) >= 11 is 1.68. The quantitative estimate of drug-likeness (QED) is 0.335. The normalized spacial score (nSPS) is 13.5. The molecule has 0 saturated carbocycles. The molecule has 5 rings (SSSR count). The predicted octanol–water partition coefficient (Wildman–Crippen LogP) is 7.33. The van der Waals surface area contributed by atoms with Crippen molar-refractivity contribution in [2.45, 2.75) is 19.3 Å². The lowest BCUT2D eigenvalue weighted by molar-refractivity contribution is 0.408. The maximum Gasteiger partial charge on any atom is 0.127 e. The fourth-order valence-corrected chi connectivity index (χ4v) is 5.56. The van der Waals surface area contributed by atoms with E-state index in [1.165, 1.54) is 6.42 Å². The first-order valence-corrected chi connectivity index (χ1v) is 12.4. The van der Waals surface area contributed by atoms with Crippen molar-refractivity contribution in [2.24, 2.45) is 0 Å². The summed E-state index contributed by atoms with van der Waals surface area (Å²) in [4.78, 5) is 3.47. The number of ether oxygens (including phenoxy) is 1. The number of rotatable bonds is 5. The number of hydrogen-bond donors (Lipinski definition) is 1. The standard InChI is InChI=1S/C29H26N2O2S/c1-33-21-12-13-22(26(32)17-21)29-24(19-30)25(31-14-6-3-7-15-31)18-23(27-11-8-16-34-27)28(29)20-9-4-2-5-10-20/h2,4-5,8-13,16-18,32H,3,6-7,14-15H2,1H3. The molecular weight excluding hydrogens is 440 g/mol. The largest absolute Gasteiger partial charge is 0.507 e. The van der Waals surface area contributed by atoms with Crippen LogP contribution in [-0.4, -0.2) is 25.3 Å². The first-order chi connectivity index (χ1) is 16.7. The molecular formula is C29H26N2O2S. The van der Waals surface area contributed by atoms with Gasteiger partial charge in [0.2, 0.25) is 0 Å². The van der Waals surface area contributed by atoms with E-state index in [2.05, 4.69) is 46.7 Å². The smallest absolute Gasteiger partial charge is 0.127 e. The van der Waals surface area contributed by atoms with Gasteiger partial charge in [0, 0.05) is 40.7 Å². The number of piperidine rings is 1. The van der Waals surface area contributed by atoms with E-state index < -0.39 is 0 Å². The average molecular weight is 467 g/mol. The molecule has 0 aliphatic carbocycles. The highest BCUT2D eigenvalue weighted by Crippen LogP contribution is 2.49. The topological polar surface area (TPSA) is 56.5 Å². The van der Waals surface area contributed by atoms with Crippen molar-refractivity contribution in [3.63, 3.8) is 0 Å². The van der Waals surface area contributed by atoms with E-state index in [4.69, 9.17) is 4.74 Å². The average Bonchev–Trinajstić information content (AvgIpc) is 3.43. The molecule has 1 aromatic heterocycles. The summed E-state index contributed by atoms with van der Waals surface area (Å²) in [5.74, 6) is 0.674. The molecule has 34 heavy (non-hydrogen) atoms. The fraction of sp³-hybridized carbons (Fsp3) is 0.207. The van der Waals surface area contributed by atoms with Gasteiger partial charge in [-0.2, -0.15) is 5.26 Å². The number of nitrogens with zero attached hydrogens (tertiary/aromatic N) is 2. The minimum absolute atomic E-state index is 0.0981. The molecule has 0 amide bonds. The Hall–Kier alpha value is -3.75. The Morgan fingerprint density at radius 2 is 1.71 bits per heavy atom. The minimum atomic E-state index is 0.0981. The molecule has 3 aromatic carbocycles. The van der Waals surface area contributed by atoms with Crippen LogP contribution in [0.2, 0.25) is 0 Å². The minimum Gasteiger partial charge on any atom is -0.507 e. The molecule has 1 saturated heterocycles. The number of thiophene rings is 1. The summed E-state index contributed by atoms with van der Waals surface area (Å²) in [5, 5.41) is 23.7. The lowest BCUT2D eigenvalue weighted by Crippen LogP contribution is -2.30. The van der Waals surface area contributed by atoms with Gasteiger partial charge < -0.3 is 14.7 Å². The van der Waals surface area contributed by atoms with Crippen molar-refractivity contribution in [1.29, 1.82) is 5.26 Å². The van der Waals surface area contributed by atoms with E-state index in [1.807, 2.05) is 30.3 Å². The van der Waals surface area contributed by atoms with Crippen molar-refractivity contribution in [3.05, 3.63) is 77.7 Å². The van der Waals surface area contributed by atoms with Crippen molar-refractivity contribution >= 4 is 17.0 Å². The van der Waals surface area contributed by atoms with Crippen LogP contribution in [0.1, 0.15) is 24.8 Å². The Labute approximate surface area is 204 Å². The number of aromatic hydroxyl groups is 1. The highest BCUT2D eigenvalue weighted by atomic mass is 32.1. The monoisotopic (exact) mass is 466 g/mol. The molecule has 5 heteroatoms. The van der Waals surface area contributed by atoms with Crippen LogP contribution >= 0.6 is 11.3 Å². The highest BCUT2D eigenvalue weighted by Gasteiger charge is 2.26. The van der Waals surface area contributed by atoms with Crippen LogP contribution in [0.15, 0.2) is 72.1 Å². The molecule has 0 radical (unpaired) electrons. The summed E-state index contributed by atoms with van der Waals surface area (Å²) in [6.07, 6.45) is 3.44. The van der Waals surface area contributed by atoms with Crippen molar-refractivity contribution < 1.29 is 9.84 Å². The first-order valence-electron chi connectivity index (χ1n) is 11.5. The number of phenolic OH excluding ortho intramolecular Hbond substituents is 1. The molecule has 4 aromatic rings. The second kappa shape index (κ2) is 9.62. The molecule has 1 aliphatic rings. The maximum atomic E-state index is 11.1. The van der Waals surface area contributed by atoms with Gasteiger partial charge in [-0.1, -0.05) is 36.4 Å². The van der Waals surface area contributed by atoms with E-state index in [9.17, 15) is 10.4 Å². The van der Waals surface area contributed by atoms with Gasteiger partial charge in [0.25, 0.3) is 0 Å². The second-order valence-corrected chi connectivity index (χ2v) is 9.40. The number of hydrogen-bond acceptors (Lipinski definition) is 5. The van der Waals surface area contributed by atoms with Crippen LogP contribution in [0, 0.1) is 11.3 Å². The predicted molar refractivity (Wildman–Crippen MR) is 140 cm³/mol. The molecule has 0 unspecified atom stereocenters. The van der Waals surface area contributed by atoms with Crippen molar-refractivity contribution in [1.82, 2.24) is 0 Å². The summed E-state index contributed by atoms with van der Waals surface area (Å²) in [6, 6.07) is 24.3. The van der Waals surface area contributed by atoms with Gasteiger partial charge in [0.1, 0.15) is 17.6 Å². The Bertz CT molecular complexity index is 1340. The zero-order valence-corrected chi connectivity index (χ0v) is 19.9. The molecule has 0 spiro atoms. The number of nitriles is 1. The van der Waals surface area contributed by atoms with Gasteiger partial charge in [-0.05, 0) is 60.0 Å². The van der Waals surface area contributed by atoms with E-state index >= 15 is 0 Å². The molecule has 0 atom stereocenters. The number of phenols is 1. The Morgan fingerprint density at radius 3 is 2.35 bits per heavy atom. The molecule has 4 nitrogen and oxygen atoms in total. The van der Waals surface area contributed by atoms with Gasteiger partial charge in [0.05, 0.1) is 18.4 Å². The van der Waals surface area contributed by atoms with Crippen LogP contribution in [0.25, 0.3) is 32.7 Å². The first kappa shape index (κ1) is 22.1. The summed E-state index contributed by atoms with van der Waals surface area (Å²) in [5.41, 5.74) is 5.98. The van der Waals surface area contributed by atoms with Gasteiger partial charge >= 0.3 is 0 Å². The van der Waals surface area contributed by atoms with Crippen molar-refractivity contribution in [3.8, 4) is 50.3 Å².